The van der Waals surface area contributed by atoms with E-state index in [4.69, 9.17) is 0 Å². The summed E-state index contributed by atoms with van der Waals surface area (Å²) in [6.45, 7) is 6.39. The Morgan fingerprint density at radius 3 is 2.64 bits per heavy atom. The molecule has 2 atom stereocenters. The zero-order chi connectivity index (χ0) is 9.97. The van der Waals surface area contributed by atoms with E-state index in [9.17, 15) is 0 Å². The van der Waals surface area contributed by atoms with Gasteiger partial charge < -0.3 is 10.2 Å². The summed E-state index contributed by atoms with van der Waals surface area (Å²) >= 11 is 0. The highest BCUT2D eigenvalue weighted by Crippen LogP contribution is 2.12. The summed E-state index contributed by atoms with van der Waals surface area (Å²) in [6, 6.07) is 4.97. The molecular weight excluding hydrogens is 176 g/mol. The molecule has 0 aliphatic carbocycles. The molecule has 1 aliphatic heterocycles. The molecule has 0 saturated carbocycles. The Morgan fingerprint density at radius 1 is 1.36 bits per heavy atom. The summed E-state index contributed by atoms with van der Waals surface area (Å²) in [5, 5.41) is 11.5. The molecule has 4 nitrogen and oxygen atoms in total. The molecule has 0 spiro atoms. The van der Waals surface area contributed by atoms with Crippen LogP contribution in [0, 0.1) is 0 Å². The number of piperazine rings is 1. The standard InChI is InChI=1S/C10H16N4/c1-8-6-14(7-9(2)12-8)10-4-3-5-11-13-10/h3-5,8-9,12H,6-7H2,1-2H3. The van der Waals surface area contributed by atoms with Gasteiger partial charge in [-0.25, -0.2) is 0 Å². The fraction of sp³-hybridized carbons (Fsp3) is 0.600. The largest absolute Gasteiger partial charge is 0.352 e. The van der Waals surface area contributed by atoms with Gasteiger partial charge in [0, 0.05) is 31.4 Å². The third kappa shape index (κ3) is 2.01. The van der Waals surface area contributed by atoms with Crippen molar-refractivity contribution < 1.29 is 0 Å². The van der Waals surface area contributed by atoms with E-state index in [0.717, 1.165) is 18.9 Å². The average Bonchev–Trinajstić information content (AvgIpc) is 2.18. The molecule has 1 saturated heterocycles. The normalized spacial score (nSPS) is 27.7. The Hall–Kier alpha value is -1.16. The van der Waals surface area contributed by atoms with E-state index < -0.39 is 0 Å². The van der Waals surface area contributed by atoms with Crippen molar-refractivity contribution >= 4 is 5.82 Å². The van der Waals surface area contributed by atoms with Crippen molar-refractivity contribution in [2.45, 2.75) is 25.9 Å². The maximum Gasteiger partial charge on any atom is 0.151 e. The van der Waals surface area contributed by atoms with Crippen LogP contribution in [0.5, 0.6) is 0 Å². The monoisotopic (exact) mass is 192 g/mol. The molecule has 2 heterocycles. The third-order valence-electron chi connectivity index (χ3n) is 2.44. The molecule has 76 valence electrons. The Labute approximate surface area is 84.3 Å². The number of rotatable bonds is 1. The topological polar surface area (TPSA) is 41.1 Å². The zero-order valence-corrected chi connectivity index (χ0v) is 8.64. The number of aromatic nitrogens is 2. The van der Waals surface area contributed by atoms with Crippen molar-refractivity contribution in [2.24, 2.45) is 0 Å². The van der Waals surface area contributed by atoms with Crippen molar-refractivity contribution in [3.05, 3.63) is 18.3 Å². The van der Waals surface area contributed by atoms with Crippen LogP contribution in [0.15, 0.2) is 18.3 Å². The Kier molecular flexibility index (Phi) is 2.63. The van der Waals surface area contributed by atoms with Crippen molar-refractivity contribution in [3.8, 4) is 0 Å². The number of anilines is 1. The number of nitrogens with one attached hydrogen (secondary N) is 1. The second-order valence-corrected chi connectivity index (χ2v) is 3.96. The fourth-order valence-corrected chi connectivity index (χ4v) is 1.98. The van der Waals surface area contributed by atoms with Gasteiger partial charge in [0.15, 0.2) is 5.82 Å². The molecule has 2 unspecified atom stereocenters. The van der Waals surface area contributed by atoms with Gasteiger partial charge >= 0.3 is 0 Å². The predicted octanol–water partition coefficient (Wildman–Crippen LogP) is 0.663. The minimum Gasteiger partial charge on any atom is -0.352 e. The van der Waals surface area contributed by atoms with Crippen LogP contribution in [0.1, 0.15) is 13.8 Å². The van der Waals surface area contributed by atoms with Gasteiger partial charge in [-0.05, 0) is 26.0 Å². The third-order valence-corrected chi connectivity index (χ3v) is 2.44. The molecule has 1 aliphatic rings. The van der Waals surface area contributed by atoms with Crippen LogP contribution in [0.25, 0.3) is 0 Å². The van der Waals surface area contributed by atoms with Crippen LogP contribution in [0.4, 0.5) is 5.82 Å². The van der Waals surface area contributed by atoms with Crippen LogP contribution < -0.4 is 10.2 Å². The molecule has 4 heteroatoms. The fourth-order valence-electron chi connectivity index (χ4n) is 1.98. The molecule has 0 aromatic carbocycles. The van der Waals surface area contributed by atoms with Crippen LogP contribution >= 0.6 is 0 Å². The molecule has 0 amide bonds. The smallest absolute Gasteiger partial charge is 0.151 e. The van der Waals surface area contributed by atoms with Crippen LogP contribution in [-0.4, -0.2) is 35.4 Å². The van der Waals surface area contributed by atoms with Crippen LogP contribution in [-0.2, 0) is 0 Å². The van der Waals surface area contributed by atoms with E-state index in [2.05, 4.69) is 34.3 Å². The quantitative estimate of drug-likeness (QED) is 0.710. The minimum absolute atomic E-state index is 0.515. The van der Waals surface area contributed by atoms with Gasteiger partial charge in [0.25, 0.3) is 0 Å². The first-order valence-corrected chi connectivity index (χ1v) is 5.04. The van der Waals surface area contributed by atoms with Gasteiger partial charge in [-0.3, -0.25) is 0 Å². The van der Waals surface area contributed by atoms with E-state index >= 15 is 0 Å². The van der Waals surface area contributed by atoms with Gasteiger partial charge in [0.05, 0.1) is 0 Å². The van der Waals surface area contributed by atoms with Crippen molar-refractivity contribution in [3.63, 3.8) is 0 Å². The van der Waals surface area contributed by atoms with E-state index in [1.165, 1.54) is 0 Å². The summed E-state index contributed by atoms with van der Waals surface area (Å²) in [4.78, 5) is 2.28. The maximum atomic E-state index is 4.12. The molecule has 1 aromatic heterocycles. The predicted molar refractivity (Wildman–Crippen MR) is 56.3 cm³/mol. The van der Waals surface area contributed by atoms with Crippen LogP contribution in [0.2, 0.25) is 0 Å². The molecule has 0 radical (unpaired) electrons. The highest BCUT2D eigenvalue weighted by atomic mass is 15.3. The Morgan fingerprint density at radius 2 is 2.07 bits per heavy atom. The molecule has 2 rings (SSSR count). The minimum atomic E-state index is 0.515. The van der Waals surface area contributed by atoms with E-state index in [1.807, 2.05) is 12.1 Å². The lowest BCUT2D eigenvalue weighted by molar-refractivity contribution is 0.404. The Bertz CT molecular complexity index is 277. The first-order chi connectivity index (χ1) is 6.75. The van der Waals surface area contributed by atoms with Gasteiger partial charge in [-0.2, -0.15) is 5.10 Å². The van der Waals surface area contributed by atoms with Gasteiger partial charge in [-0.15, -0.1) is 5.10 Å². The molecule has 1 aromatic rings. The van der Waals surface area contributed by atoms with Crippen molar-refractivity contribution in [1.82, 2.24) is 15.5 Å². The summed E-state index contributed by atoms with van der Waals surface area (Å²) in [5.41, 5.74) is 0. The molecule has 1 fully saturated rings. The average molecular weight is 192 g/mol. The number of hydrogen-bond acceptors (Lipinski definition) is 4. The maximum absolute atomic E-state index is 4.12. The molecular formula is C10H16N4. The lowest BCUT2D eigenvalue weighted by Crippen LogP contribution is -2.54. The lowest BCUT2D eigenvalue weighted by atomic mass is 10.1. The summed E-state index contributed by atoms with van der Waals surface area (Å²) < 4.78 is 0. The number of nitrogens with zero attached hydrogens (tertiary/aromatic N) is 3. The van der Waals surface area contributed by atoms with Gasteiger partial charge in [0.1, 0.15) is 0 Å². The first kappa shape index (κ1) is 9.40. The van der Waals surface area contributed by atoms with E-state index in [-0.39, 0.29) is 0 Å². The van der Waals surface area contributed by atoms with Crippen LogP contribution in [0.3, 0.4) is 0 Å². The second kappa shape index (κ2) is 3.92. The van der Waals surface area contributed by atoms with Gasteiger partial charge in [0.2, 0.25) is 0 Å². The first-order valence-electron chi connectivity index (χ1n) is 5.04. The van der Waals surface area contributed by atoms with E-state index in [0.29, 0.717) is 12.1 Å². The second-order valence-electron chi connectivity index (χ2n) is 3.96. The summed E-state index contributed by atoms with van der Waals surface area (Å²) in [7, 11) is 0. The molecule has 14 heavy (non-hydrogen) atoms. The van der Waals surface area contributed by atoms with Crippen molar-refractivity contribution in [1.29, 1.82) is 0 Å². The highest BCUT2D eigenvalue weighted by Gasteiger charge is 2.21. The van der Waals surface area contributed by atoms with Gasteiger partial charge in [-0.1, -0.05) is 0 Å². The number of hydrogen-bond donors (Lipinski definition) is 1. The summed E-state index contributed by atoms with van der Waals surface area (Å²) in [6.07, 6.45) is 1.71. The SMILES string of the molecule is CC1CN(c2cccnn2)CC(C)N1. The van der Waals surface area contributed by atoms with E-state index in [1.54, 1.807) is 6.20 Å². The Balaban J connectivity index is 2.11. The molecule has 1 N–H and O–H groups in total. The highest BCUT2D eigenvalue weighted by molar-refractivity contribution is 5.37. The molecule has 0 bridgehead atoms. The lowest BCUT2D eigenvalue weighted by Gasteiger charge is -2.36. The zero-order valence-electron chi connectivity index (χ0n) is 8.64. The summed E-state index contributed by atoms with van der Waals surface area (Å²) in [5.74, 6) is 0.979. The van der Waals surface area contributed by atoms with Crippen molar-refractivity contribution in [2.75, 3.05) is 18.0 Å².